The van der Waals surface area contributed by atoms with Crippen molar-refractivity contribution >= 4 is 6.16 Å². The van der Waals surface area contributed by atoms with E-state index < -0.39 is 6.16 Å². The fourth-order valence-corrected chi connectivity index (χ4v) is 1.25. The molecule has 1 aromatic carbocycles. The van der Waals surface area contributed by atoms with Gasteiger partial charge in [0.05, 0.1) is 6.61 Å². The Bertz CT molecular complexity index is 344. The highest BCUT2D eigenvalue weighted by Crippen LogP contribution is 2.01. The fourth-order valence-electron chi connectivity index (χ4n) is 1.25. The van der Waals surface area contributed by atoms with Crippen molar-refractivity contribution in [3.8, 4) is 0 Å². The molecule has 0 bridgehead atoms. The molecule has 0 radical (unpaired) electrons. The maximum absolute atomic E-state index is 11.2. The van der Waals surface area contributed by atoms with Crippen molar-refractivity contribution in [2.45, 2.75) is 26.4 Å². The van der Waals surface area contributed by atoms with E-state index in [1.165, 1.54) is 0 Å². The van der Waals surface area contributed by atoms with Crippen molar-refractivity contribution in [1.29, 1.82) is 0 Å². The predicted octanol–water partition coefficient (Wildman–Crippen LogP) is 3.70. The first kappa shape index (κ1) is 13.3. The van der Waals surface area contributed by atoms with Crippen molar-refractivity contribution < 1.29 is 14.3 Å². The average Bonchev–Trinajstić information content (AvgIpc) is 2.37. The molecule has 0 saturated heterocycles. The number of carbonyl (C=O) groups is 1. The zero-order valence-corrected chi connectivity index (χ0v) is 10.1. The summed E-state index contributed by atoms with van der Waals surface area (Å²) in [5, 5.41) is 0. The molecule has 1 rings (SSSR count). The van der Waals surface area contributed by atoms with Gasteiger partial charge in [-0.05, 0) is 18.4 Å². The molecule has 92 valence electrons. The SMILES string of the molecule is CCC=CCCOC(=O)OCc1ccccc1. The molecule has 0 aliphatic carbocycles. The first-order chi connectivity index (χ1) is 8.33. The summed E-state index contributed by atoms with van der Waals surface area (Å²) in [5.74, 6) is 0. The number of benzene rings is 1. The van der Waals surface area contributed by atoms with Crippen LogP contribution in [0.1, 0.15) is 25.3 Å². The fraction of sp³-hybridized carbons (Fsp3) is 0.357. The number of allylic oxidation sites excluding steroid dienone is 1. The smallest absolute Gasteiger partial charge is 0.434 e. The molecule has 0 N–H and O–H groups in total. The molecule has 0 aromatic heterocycles. The number of ether oxygens (including phenoxy) is 2. The minimum atomic E-state index is -0.612. The largest absolute Gasteiger partial charge is 0.508 e. The molecule has 0 saturated carbocycles. The monoisotopic (exact) mass is 234 g/mol. The van der Waals surface area contributed by atoms with E-state index in [2.05, 4.69) is 6.92 Å². The summed E-state index contributed by atoms with van der Waals surface area (Å²) in [6.07, 6.45) is 5.15. The van der Waals surface area contributed by atoms with Crippen molar-refractivity contribution in [2.24, 2.45) is 0 Å². The highest BCUT2D eigenvalue weighted by molar-refractivity contribution is 5.59. The average molecular weight is 234 g/mol. The molecule has 0 fully saturated rings. The zero-order valence-electron chi connectivity index (χ0n) is 10.1. The molecule has 0 aliphatic rings. The highest BCUT2D eigenvalue weighted by atomic mass is 16.7. The van der Waals surface area contributed by atoms with E-state index in [-0.39, 0.29) is 6.61 Å². The van der Waals surface area contributed by atoms with Gasteiger partial charge in [-0.15, -0.1) is 0 Å². The van der Waals surface area contributed by atoms with Gasteiger partial charge in [0.2, 0.25) is 0 Å². The summed E-state index contributed by atoms with van der Waals surface area (Å²) < 4.78 is 9.85. The Hall–Kier alpha value is -1.77. The summed E-state index contributed by atoms with van der Waals surface area (Å²) in [4.78, 5) is 11.2. The predicted molar refractivity (Wildman–Crippen MR) is 66.6 cm³/mol. The van der Waals surface area contributed by atoms with E-state index in [0.717, 1.165) is 18.4 Å². The molecule has 3 nitrogen and oxygen atoms in total. The van der Waals surface area contributed by atoms with Crippen LogP contribution in [-0.2, 0) is 16.1 Å². The zero-order chi connectivity index (χ0) is 12.3. The molecule has 0 aliphatic heterocycles. The van der Waals surface area contributed by atoms with Crippen LogP contribution < -0.4 is 0 Å². The van der Waals surface area contributed by atoms with Crippen LogP contribution in [0.5, 0.6) is 0 Å². The molecule has 17 heavy (non-hydrogen) atoms. The molecular formula is C14H18O3. The van der Waals surface area contributed by atoms with Crippen LogP contribution in [0.2, 0.25) is 0 Å². The maximum atomic E-state index is 11.2. The maximum Gasteiger partial charge on any atom is 0.508 e. The first-order valence-electron chi connectivity index (χ1n) is 5.81. The minimum absolute atomic E-state index is 0.254. The summed E-state index contributed by atoms with van der Waals surface area (Å²) >= 11 is 0. The number of hydrogen-bond acceptors (Lipinski definition) is 3. The molecule has 3 heteroatoms. The molecule has 0 unspecified atom stereocenters. The Morgan fingerprint density at radius 3 is 2.65 bits per heavy atom. The molecule has 0 heterocycles. The Labute approximate surface area is 102 Å². The van der Waals surface area contributed by atoms with Crippen molar-refractivity contribution in [3.05, 3.63) is 48.0 Å². The van der Waals surface area contributed by atoms with Crippen LogP contribution in [0, 0.1) is 0 Å². The number of hydrogen-bond donors (Lipinski definition) is 0. The molecule has 0 spiro atoms. The quantitative estimate of drug-likeness (QED) is 0.428. The van der Waals surface area contributed by atoms with Gasteiger partial charge in [-0.1, -0.05) is 49.4 Å². The topological polar surface area (TPSA) is 35.5 Å². The van der Waals surface area contributed by atoms with E-state index in [1.54, 1.807) is 0 Å². The Kier molecular flexibility index (Phi) is 6.56. The summed E-state index contributed by atoms with van der Waals surface area (Å²) in [6, 6.07) is 9.52. The number of rotatable bonds is 6. The molecular weight excluding hydrogens is 216 g/mol. The lowest BCUT2D eigenvalue weighted by Crippen LogP contribution is -2.08. The van der Waals surface area contributed by atoms with Crippen LogP contribution in [0.4, 0.5) is 4.79 Å². The van der Waals surface area contributed by atoms with Gasteiger partial charge in [-0.2, -0.15) is 0 Å². The van der Waals surface area contributed by atoms with Gasteiger partial charge in [0.1, 0.15) is 6.61 Å². The minimum Gasteiger partial charge on any atom is -0.434 e. The van der Waals surface area contributed by atoms with E-state index in [9.17, 15) is 4.79 Å². The lowest BCUT2D eigenvalue weighted by Gasteiger charge is -2.05. The van der Waals surface area contributed by atoms with Crippen LogP contribution in [-0.4, -0.2) is 12.8 Å². The van der Waals surface area contributed by atoms with Gasteiger partial charge in [-0.3, -0.25) is 0 Å². The van der Waals surface area contributed by atoms with Crippen LogP contribution in [0.15, 0.2) is 42.5 Å². The summed E-state index contributed by atoms with van der Waals surface area (Å²) in [6.45, 7) is 2.68. The molecule has 0 atom stereocenters. The van der Waals surface area contributed by atoms with E-state index >= 15 is 0 Å². The van der Waals surface area contributed by atoms with Gasteiger partial charge in [0, 0.05) is 0 Å². The highest BCUT2D eigenvalue weighted by Gasteiger charge is 2.02. The van der Waals surface area contributed by atoms with Gasteiger partial charge in [0.15, 0.2) is 0 Å². The Balaban J connectivity index is 2.11. The van der Waals surface area contributed by atoms with Crippen molar-refractivity contribution in [3.63, 3.8) is 0 Å². The van der Waals surface area contributed by atoms with E-state index in [4.69, 9.17) is 9.47 Å². The standard InChI is InChI=1S/C14H18O3/c1-2-3-4-8-11-16-14(15)17-12-13-9-6-5-7-10-13/h3-7,9-10H,2,8,11-12H2,1H3. The lowest BCUT2D eigenvalue weighted by atomic mass is 10.2. The lowest BCUT2D eigenvalue weighted by molar-refractivity contribution is 0.0511. The third-order valence-corrected chi connectivity index (χ3v) is 2.11. The van der Waals surface area contributed by atoms with Crippen LogP contribution >= 0.6 is 0 Å². The second kappa shape index (κ2) is 8.39. The molecule has 1 aromatic rings. The van der Waals surface area contributed by atoms with Gasteiger partial charge in [0.25, 0.3) is 0 Å². The summed E-state index contributed by atoms with van der Waals surface area (Å²) in [7, 11) is 0. The second-order valence-electron chi connectivity index (χ2n) is 3.54. The normalized spacial score (nSPS) is 10.4. The van der Waals surface area contributed by atoms with Crippen molar-refractivity contribution in [2.75, 3.05) is 6.61 Å². The van der Waals surface area contributed by atoms with Crippen molar-refractivity contribution in [1.82, 2.24) is 0 Å². The van der Waals surface area contributed by atoms with Gasteiger partial charge >= 0.3 is 6.16 Å². The van der Waals surface area contributed by atoms with Crippen LogP contribution in [0.25, 0.3) is 0 Å². The van der Waals surface area contributed by atoms with Crippen LogP contribution in [0.3, 0.4) is 0 Å². The first-order valence-corrected chi connectivity index (χ1v) is 5.81. The summed E-state index contributed by atoms with van der Waals surface area (Å²) in [5.41, 5.74) is 0.954. The third-order valence-electron chi connectivity index (χ3n) is 2.11. The second-order valence-corrected chi connectivity index (χ2v) is 3.54. The Morgan fingerprint density at radius 2 is 1.94 bits per heavy atom. The number of carbonyl (C=O) groups excluding carboxylic acids is 1. The third kappa shape index (κ3) is 6.40. The van der Waals surface area contributed by atoms with Gasteiger partial charge < -0.3 is 9.47 Å². The molecule has 0 amide bonds. The van der Waals surface area contributed by atoms with Gasteiger partial charge in [-0.25, -0.2) is 4.79 Å². The Morgan fingerprint density at radius 1 is 1.18 bits per heavy atom. The van der Waals surface area contributed by atoms with E-state index in [0.29, 0.717) is 6.61 Å². The van der Waals surface area contributed by atoms with E-state index in [1.807, 2.05) is 42.5 Å².